The first-order chi connectivity index (χ1) is 12.1. The lowest BCUT2D eigenvalue weighted by molar-refractivity contribution is 0.463. The maximum absolute atomic E-state index is 5.98. The van der Waals surface area contributed by atoms with E-state index in [9.17, 15) is 0 Å². The van der Waals surface area contributed by atoms with Crippen LogP contribution in [0.2, 0.25) is 0 Å². The summed E-state index contributed by atoms with van der Waals surface area (Å²) in [6.45, 7) is 6.09. The number of aryl methyl sites for hydroxylation is 3. The van der Waals surface area contributed by atoms with Gasteiger partial charge in [0.2, 0.25) is 5.88 Å². The van der Waals surface area contributed by atoms with Gasteiger partial charge in [-0.1, -0.05) is 6.07 Å². The van der Waals surface area contributed by atoms with Crippen LogP contribution in [0.15, 0.2) is 49.1 Å². The van der Waals surface area contributed by atoms with Crippen LogP contribution in [0.25, 0.3) is 16.6 Å². The number of benzene rings is 1. The number of hydrogen-bond acceptors (Lipinski definition) is 5. The molecule has 0 aliphatic carbocycles. The standard InChI is InChI=1S/C19H17N5O/c1-12-9-15(25-19-17-5-4-8-24(17)22-11-20-19)6-7-16(12)18-13(2)10-21-23-14(18)3/h4-11H,1-3H3. The predicted octanol–water partition coefficient (Wildman–Crippen LogP) is 3.90. The van der Waals surface area contributed by atoms with Crippen molar-refractivity contribution in [2.45, 2.75) is 20.8 Å². The first-order valence-electron chi connectivity index (χ1n) is 7.99. The van der Waals surface area contributed by atoms with Crippen LogP contribution in [0.5, 0.6) is 11.6 Å². The number of fused-ring (bicyclic) bond motifs is 1. The zero-order chi connectivity index (χ0) is 17.4. The van der Waals surface area contributed by atoms with Crippen LogP contribution in [-0.2, 0) is 0 Å². The molecule has 1 aromatic carbocycles. The molecule has 25 heavy (non-hydrogen) atoms. The van der Waals surface area contributed by atoms with Crippen LogP contribution in [-0.4, -0.2) is 24.8 Å². The summed E-state index contributed by atoms with van der Waals surface area (Å²) in [7, 11) is 0. The topological polar surface area (TPSA) is 65.2 Å². The van der Waals surface area contributed by atoms with Gasteiger partial charge in [0.1, 0.15) is 17.6 Å². The molecular weight excluding hydrogens is 314 g/mol. The van der Waals surface area contributed by atoms with Gasteiger partial charge >= 0.3 is 0 Å². The SMILES string of the molecule is Cc1cc(Oc2ncnn3cccc23)ccc1-c1c(C)cnnc1C. The molecule has 4 rings (SSSR count). The van der Waals surface area contributed by atoms with Crippen molar-refractivity contribution in [1.29, 1.82) is 0 Å². The Morgan fingerprint density at radius 1 is 1.04 bits per heavy atom. The molecule has 0 unspecified atom stereocenters. The van der Waals surface area contributed by atoms with E-state index < -0.39 is 0 Å². The summed E-state index contributed by atoms with van der Waals surface area (Å²) >= 11 is 0. The van der Waals surface area contributed by atoms with Gasteiger partial charge in [-0.15, -0.1) is 0 Å². The van der Waals surface area contributed by atoms with Gasteiger partial charge < -0.3 is 4.74 Å². The largest absolute Gasteiger partial charge is 0.437 e. The van der Waals surface area contributed by atoms with Crippen LogP contribution in [0.4, 0.5) is 0 Å². The molecule has 0 radical (unpaired) electrons. The zero-order valence-corrected chi connectivity index (χ0v) is 14.3. The quantitative estimate of drug-likeness (QED) is 0.569. The second-order valence-electron chi connectivity index (χ2n) is 5.97. The molecule has 6 nitrogen and oxygen atoms in total. The minimum absolute atomic E-state index is 0.532. The lowest BCUT2D eigenvalue weighted by Gasteiger charge is -2.13. The molecule has 0 atom stereocenters. The van der Waals surface area contributed by atoms with Gasteiger partial charge in [-0.2, -0.15) is 20.3 Å². The summed E-state index contributed by atoms with van der Waals surface area (Å²) in [4.78, 5) is 4.24. The van der Waals surface area contributed by atoms with E-state index in [1.54, 1.807) is 10.7 Å². The lowest BCUT2D eigenvalue weighted by Crippen LogP contribution is -1.98. The van der Waals surface area contributed by atoms with E-state index in [0.717, 1.165) is 39.2 Å². The number of rotatable bonds is 3. The average molecular weight is 331 g/mol. The first-order valence-corrected chi connectivity index (χ1v) is 7.99. The summed E-state index contributed by atoms with van der Waals surface area (Å²) in [5.41, 5.74) is 6.21. The van der Waals surface area contributed by atoms with Crippen molar-refractivity contribution < 1.29 is 4.74 Å². The molecule has 0 bridgehead atoms. The van der Waals surface area contributed by atoms with Crippen LogP contribution in [0.3, 0.4) is 0 Å². The summed E-state index contributed by atoms with van der Waals surface area (Å²) in [6.07, 6.45) is 5.13. The summed E-state index contributed by atoms with van der Waals surface area (Å²) in [6, 6.07) is 9.84. The minimum Gasteiger partial charge on any atom is -0.437 e. The van der Waals surface area contributed by atoms with Crippen molar-refractivity contribution in [2.24, 2.45) is 0 Å². The molecule has 6 heteroatoms. The Kier molecular flexibility index (Phi) is 3.65. The van der Waals surface area contributed by atoms with Crippen molar-refractivity contribution in [2.75, 3.05) is 0 Å². The summed E-state index contributed by atoms with van der Waals surface area (Å²) < 4.78 is 7.72. The molecule has 0 aliphatic rings. The van der Waals surface area contributed by atoms with Gasteiger partial charge in [0.05, 0.1) is 11.9 Å². The normalized spacial score (nSPS) is 11.0. The maximum Gasteiger partial charge on any atom is 0.247 e. The third-order valence-corrected chi connectivity index (χ3v) is 4.20. The van der Waals surface area contributed by atoms with Crippen molar-refractivity contribution in [3.05, 3.63) is 65.9 Å². The molecule has 0 fully saturated rings. The third-order valence-electron chi connectivity index (χ3n) is 4.20. The van der Waals surface area contributed by atoms with E-state index in [1.165, 1.54) is 6.33 Å². The van der Waals surface area contributed by atoms with Crippen LogP contribution in [0, 0.1) is 20.8 Å². The summed E-state index contributed by atoms with van der Waals surface area (Å²) in [5, 5.41) is 12.3. The zero-order valence-electron chi connectivity index (χ0n) is 14.3. The molecule has 0 amide bonds. The monoisotopic (exact) mass is 331 g/mol. The van der Waals surface area contributed by atoms with Gasteiger partial charge in [-0.05, 0) is 61.7 Å². The highest BCUT2D eigenvalue weighted by molar-refractivity contribution is 5.72. The summed E-state index contributed by atoms with van der Waals surface area (Å²) in [5.74, 6) is 1.27. The predicted molar refractivity (Wildman–Crippen MR) is 94.7 cm³/mol. The smallest absolute Gasteiger partial charge is 0.247 e. The second-order valence-corrected chi connectivity index (χ2v) is 5.97. The van der Waals surface area contributed by atoms with Gasteiger partial charge in [-0.3, -0.25) is 0 Å². The molecule has 124 valence electrons. The molecule has 0 saturated heterocycles. The van der Waals surface area contributed by atoms with Crippen molar-refractivity contribution in [3.63, 3.8) is 0 Å². The van der Waals surface area contributed by atoms with Gasteiger partial charge in [0, 0.05) is 11.8 Å². The highest BCUT2D eigenvalue weighted by Crippen LogP contribution is 2.32. The number of aromatic nitrogens is 5. The van der Waals surface area contributed by atoms with Crippen molar-refractivity contribution >= 4 is 5.52 Å². The number of nitrogens with zero attached hydrogens (tertiary/aromatic N) is 5. The molecule has 3 aromatic heterocycles. The Morgan fingerprint density at radius 2 is 1.92 bits per heavy atom. The average Bonchev–Trinajstić information content (AvgIpc) is 3.06. The molecule has 0 aliphatic heterocycles. The Labute approximate surface area is 145 Å². The highest BCUT2D eigenvalue weighted by Gasteiger charge is 2.12. The molecule has 0 saturated carbocycles. The van der Waals surface area contributed by atoms with E-state index in [0.29, 0.717) is 5.88 Å². The Morgan fingerprint density at radius 3 is 2.72 bits per heavy atom. The van der Waals surface area contributed by atoms with Crippen LogP contribution >= 0.6 is 0 Å². The fraction of sp³-hybridized carbons (Fsp3) is 0.158. The molecule has 0 N–H and O–H groups in total. The van der Waals surface area contributed by atoms with Crippen LogP contribution < -0.4 is 4.74 Å². The second kappa shape index (κ2) is 5.98. The number of ether oxygens (including phenoxy) is 1. The Hall–Kier alpha value is -3.28. The molecule has 4 aromatic rings. The Bertz CT molecular complexity index is 1050. The molecule has 3 heterocycles. The van der Waals surface area contributed by atoms with E-state index in [2.05, 4.69) is 33.3 Å². The van der Waals surface area contributed by atoms with E-state index >= 15 is 0 Å². The third kappa shape index (κ3) is 2.71. The van der Waals surface area contributed by atoms with E-state index in [4.69, 9.17) is 4.74 Å². The van der Waals surface area contributed by atoms with Gasteiger partial charge in [0.25, 0.3) is 0 Å². The lowest BCUT2D eigenvalue weighted by atomic mass is 9.96. The highest BCUT2D eigenvalue weighted by atomic mass is 16.5. The van der Waals surface area contributed by atoms with E-state index in [1.807, 2.05) is 44.3 Å². The molecular formula is C19H17N5O. The number of hydrogen-bond donors (Lipinski definition) is 0. The van der Waals surface area contributed by atoms with E-state index in [-0.39, 0.29) is 0 Å². The van der Waals surface area contributed by atoms with Gasteiger partial charge in [-0.25, -0.2) is 4.52 Å². The van der Waals surface area contributed by atoms with Crippen molar-refractivity contribution in [3.8, 4) is 22.8 Å². The Balaban J connectivity index is 1.72. The van der Waals surface area contributed by atoms with Crippen LogP contribution in [0.1, 0.15) is 16.8 Å². The fourth-order valence-electron chi connectivity index (χ4n) is 3.02. The maximum atomic E-state index is 5.98. The van der Waals surface area contributed by atoms with Crippen molar-refractivity contribution in [1.82, 2.24) is 24.8 Å². The van der Waals surface area contributed by atoms with Gasteiger partial charge in [0.15, 0.2) is 0 Å². The molecule has 0 spiro atoms. The fourth-order valence-corrected chi connectivity index (χ4v) is 3.02. The minimum atomic E-state index is 0.532. The first kappa shape index (κ1) is 15.3.